The standard InChI is InChI=1S/C14H25N3O2.ClH/c1-3-16-9-11(7-13(16)18)14(19)17-5-4-10(2)6-12(17)8-15;/h10-12H,3-9,15H2,1-2H3;1H. The zero-order valence-corrected chi connectivity index (χ0v) is 13.2. The summed E-state index contributed by atoms with van der Waals surface area (Å²) in [7, 11) is 0. The van der Waals surface area contributed by atoms with Crippen LogP contribution in [0.1, 0.15) is 33.1 Å². The Morgan fingerprint density at radius 1 is 1.45 bits per heavy atom. The number of hydrogen-bond donors (Lipinski definition) is 1. The summed E-state index contributed by atoms with van der Waals surface area (Å²) < 4.78 is 0. The molecular weight excluding hydrogens is 278 g/mol. The highest BCUT2D eigenvalue weighted by Gasteiger charge is 2.38. The Kier molecular flexibility index (Phi) is 6.27. The third-order valence-electron chi connectivity index (χ3n) is 4.48. The summed E-state index contributed by atoms with van der Waals surface area (Å²) in [4.78, 5) is 28.0. The van der Waals surface area contributed by atoms with Crippen molar-refractivity contribution in [2.45, 2.75) is 39.2 Å². The topological polar surface area (TPSA) is 66.6 Å². The smallest absolute Gasteiger partial charge is 0.228 e. The number of likely N-dealkylation sites (tertiary alicyclic amines) is 2. The minimum Gasteiger partial charge on any atom is -0.342 e. The molecule has 0 spiro atoms. The first-order valence-electron chi connectivity index (χ1n) is 7.35. The van der Waals surface area contributed by atoms with Gasteiger partial charge in [-0.1, -0.05) is 6.92 Å². The van der Waals surface area contributed by atoms with E-state index in [9.17, 15) is 9.59 Å². The first-order valence-corrected chi connectivity index (χ1v) is 7.35. The lowest BCUT2D eigenvalue weighted by Gasteiger charge is -2.39. The number of carbonyl (C=O) groups is 2. The van der Waals surface area contributed by atoms with Gasteiger partial charge in [0.05, 0.1) is 5.92 Å². The molecule has 0 aliphatic carbocycles. The molecule has 0 aromatic rings. The molecule has 6 heteroatoms. The van der Waals surface area contributed by atoms with Crippen molar-refractivity contribution in [3.8, 4) is 0 Å². The molecule has 116 valence electrons. The van der Waals surface area contributed by atoms with Gasteiger partial charge in [0.15, 0.2) is 0 Å². The Labute approximate surface area is 127 Å². The molecule has 0 radical (unpaired) electrons. The summed E-state index contributed by atoms with van der Waals surface area (Å²) in [6, 6.07) is 0.155. The Bertz CT molecular complexity index is 364. The van der Waals surface area contributed by atoms with Gasteiger partial charge in [-0.3, -0.25) is 9.59 Å². The lowest BCUT2D eigenvalue weighted by atomic mass is 9.91. The van der Waals surface area contributed by atoms with Crippen LogP contribution in [0.5, 0.6) is 0 Å². The lowest BCUT2D eigenvalue weighted by molar-refractivity contribution is -0.139. The van der Waals surface area contributed by atoms with E-state index in [2.05, 4.69) is 6.92 Å². The van der Waals surface area contributed by atoms with Gasteiger partial charge in [-0.05, 0) is 25.7 Å². The molecule has 2 aliphatic heterocycles. The molecule has 0 aromatic heterocycles. The number of amides is 2. The zero-order valence-electron chi connectivity index (χ0n) is 12.4. The van der Waals surface area contributed by atoms with E-state index >= 15 is 0 Å². The van der Waals surface area contributed by atoms with Gasteiger partial charge in [0, 0.05) is 38.6 Å². The van der Waals surface area contributed by atoms with Crippen LogP contribution in [0.3, 0.4) is 0 Å². The molecule has 2 heterocycles. The van der Waals surface area contributed by atoms with E-state index in [0.717, 1.165) is 19.4 Å². The van der Waals surface area contributed by atoms with Gasteiger partial charge < -0.3 is 15.5 Å². The van der Waals surface area contributed by atoms with E-state index in [4.69, 9.17) is 5.73 Å². The largest absolute Gasteiger partial charge is 0.342 e. The van der Waals surface area contributed by atoms with Crippen LogP contribution < -0.4 is 5.73 Å². The van der Waals surface area contributed by atoms with Crippen LogP contribution in [0.4, 0.5) is 0 Å². The maximum atomic E-state index is 12.6. The van der Waals surface area contributed by atoms with Gasteiger partial charge in [0.2, 0.25) is 11.8 Å². The Balaban J connectivity index is 0.00000200. The van der Waals surface area contributed by atoms with Crippen LogP contribution in [-0.2, 0) is 9.59 Å². The number of carbonyl (C=O) groups excluding carboxylic acids is 2. The number of nitrogens with two attached hydrogens (primary N) is 1. The molecule has 2 rings (SSSR count). The van der Waals surface area contributed by atoms with E-state index in [1.165, 1.54) is 0 Å². The second kappa shape index (κ2) is 7.27. The van der Waals surface area contributed by atoms with Crippen LogP contribution in [0.2, 0.25) is 0 Å². The Hall–Kier alpha value is -0.810. The second-order valence-corrected chi connectivity index (χ2v) is 5.88. The molecule has 2 fully saturated rings. The number of rotatable bonds is 3. The van der Waals surface area contributed by atoms with Crippen molar-refractivity contribution in [3.63, 3.8) is 0 Å². The highest BCUT2D eigenvalue weighted by atomic mass is 35.5. The number of piperidine rings is 1. The fourth-order valence-electron chi connectivity index (χ4n) is 3.24. The Morgan fingerprint density at radius 3 is 2.70 bits per heavy atom. The molecule has 2 aliphatic rings. The van der Waals surface area contributed by atoms with Crippen molar-refractivity contribution >= 4 is 24.2 Å². The maximum Gasteiger partial charge on any atom is 0.228 e. The summed E-state index contributed by atoms with van der Waals surface area (Å²) in [6.45, 7) is 6.75. The summed E-state index contributed by atoms with van der Waals surface area (Å²) in [5.41, 5.74) is 5.80. The summed E-state index contributed by atoms with van der Waals surface area (Å²) in [5, 5.41) is 0. The first-order chi connectivity index (χ1) is 9.06. The van der Waals surface area contributed by atoms with E-state index in [1.807, 2.05) is 11.8 Å². The molecule has 2 amide bonds. The monoisotopic (exact) mass is 303 g/mol. The van der Waals surface area contributed by atoms with E-state index in [1.54, 1.807) is 4.90 Å². The SMILES string of the molecule is CCN1CC(C(=O)N2CCC(C)CC2CN)CC1=O.Cl. The molecule has 2 N–H and O–H groups in total. The van der Waals surface area contributed by atoms with Gasteiger partial charge in [-0.2, -0.15) is 0 Å². The normalized spacial score (nSPS) is 30.4. The van der Waals surface area contributed by atoms with Crippen molar-refractivity contribution in [2.75, 3.05) is 26.2 Å². The van der Waals surface area contributed by atoms with Crippen molar-refractivity contribution < 1.29 is 9.59 Å². The summed E-state index contributed by atoms with van der Waals surface area (Å²) >= 11 is 0. The fraction of sp³-hybridized carbons (Fsp3) is 0.857. The molecule has 0 saturated carbocycles. The van der Waals surface area contributed by atoms with E-state index in [0.29, 0.717) is 32.0 Å². The van der Waals surface area contributed by atoms with Crippen LogP contribution >= 0.6 is 12.4 Å². The molecule has 3 atom stereocenters. The van der Waals surface area contributed by atoms with Gasteiger partial charge >= 0.3 is 0 Å². The number of halogens is 1. The van der Waals surface area contributed by atoms with E-state index < -0.39 is 0 Å². The average molecular weight is 304 g/mol. The molecule has 5 nitrogen and oxygen atoms in total. The third-order valence-corrected chi connectivity index (χ3v) is 4.48. The first kappa shape index (κ1) is 17.2. The highest BCUT2D eigenvalue weighted by Crippen LogP contribution is 2.26. The predicted octanol–water partition coefficient (Wildman–Crippen LogP) is 0.862. The average Bonchev–Trinajstić information content (AvgIpc) is 2.79. The molecule has 2 saturated heterocycles. The summed E-state index contributed by atoms with van der Waals surface area (Å²) in [5.74, 6) is 0.715. The predicted molar refractivity (Wildman–Crippen MR) is 80.6 cm³/mol. The number of nitrogens with zero attached hydrogens (tertiary/aromatic N) is 2. The maximum absolute atomic E-state index is 12.6. The van der Waals surface area contributed by atoms with Crippen molar-refractivity contribution in [1.82, 2.24) is 9.80 Å². The zero-order chi connectivity index (χ0) is 14.0. The van der Waals surface area contributed by atoms with E-state index in [-0.39, 0.29) is 36.2 Å². The van der Waals surface area contributed by atoms with Crippen LogP contribution in [0.15, 0.2) is 0 Å². The van der Waals surface area contributed by atoms with Gasteiger partial charge in [-0.25, -0.2) is 0 Å². The summed E-state index contributed by atoms with van der Waals surface area (Å²) in [6.07, 6.45) is 2.40. The third kappa shape index (κ3) is 3.44. The van der Waals surface area contributed by atoms with Crippen molar-refractivity contribution in [1.29, 1.82) is 0 Å². The Morgan fingerprint density at radius 2 is 2.15 bits per heavy atom. The van der Waals surface area contributed by atoms with Gasteiger partial charge in [0.1, 0.15) is 0 Å². The van der Waals surface area contributed by atoms with Crippen molar-refractivity contribution in [2.24, 2.45) is 17.6 Å². The quantitative estimate of drug-likeness (QED) is 0.841. The van der Waals surface area contributed by atoms with Gasteiger partial charge in [0.25, 0.3) is 0 Å². The number of hydrogen-bond acceptors (Lipinski definition) is 3. The lowest BCUT2D eigenvalue weighted by Crippen LogP contribution is -2.51. The molecule has 3 unspecified atom stereocenters. The van der Waals surface area contributed by atoms with Gasteiger partial charge in [-0.15, -0.1) is 12.4 Å². The molecular formula is C14H26ClN3O2. The van der Waals surface area contributed by atoms with Crippen molar-refractivity contribution in [3.05, 3.63) is 0 Å². The molecule has 20 heavy (non-hydrogen) atoms. The van der Waals surface area contributed by atoms with Crippen LogP contribution in [0, 0.1) is 11.8 Å². The molecule has 0 aromatic carbocycles. The fourth-order valence-corrected chi connectivity index (χ4v) is 3.24. The second-order valence-electron chi connectivity index (χ2n) is 5.88. The van der Waals surface area contributed by atoms with Crippen LogP contribution in [-0.4, -0.2) is 53.8 Å². The van der Waals surface area contributed by atoms with Crippen LogP contribution in [0.25, 0.3) is 0 Å². The minimum absolute atomic E-state index is 0. The minimum atomic E-state index is -0.157. The highest BCUT2D eigenvalue weighted by molar-refractivity contribution is 5.89. The molecule has 0 bridgehead atoms.